The number of aryl methyl sites for hydroxylation is 1. The zero-order chi connectivity index (χ0) is 16.2. The van der Waals surface area contributed by atoms with Crippen LogP contribution in [0.15, 0.2) is 32.8 Å². The fourth-order valence-corrected chi connectivity index (χ4v) is 4.56. The minimum Gasteiger partial charge on any atom is -0.326 e. The summed E-state index contributed by atoms with van der Waals surface area (Å²) in [6, 6.07) is 5.64. The number of hydrogen-bond donors (Lipinski definition) is 2. The highest BCUT2D eigenvalue weighted by Crippen LogP contribution is 2.36. The van der Waals surface area contributed by atoms with Crippen molar-refractivity contribution < 1.29 is 4.79 Å². The number of rotatable bonds is 4. The van der Waals surface area contributed by atoms with E-state index in [0.717, 1.165) is 46.5 Å². The number of hydrogen-bond acceptors (Lipinski definition) is 5. The maximum Gasteiger partial charge on any atom is 0.227 e. The molecule has 0 bridgehead atoms. The molecule has 0 saturated carbocycles. The van der Waals surface area contributed by atoms with Crippen LogP contribution in [0.2, 0.25) is 5.02 Å². The highest BCUT2D eigenvalue weighted by molar-refractivity contribution is 8.01. The number of halogens is 1. The third kappa shape index (κ3) is 4.47. The minimum atomic E-state index is 0.0820. The van der Waals surface area contributed by atoms with E-state index >= 15 is 0 Å². The van der Waals surface area contributed by atoms with Crippen molar-refractivity contribution in [2.24, 2.45) is 5.92 Å². The van der Waals surface area contributed by atoms with E-state index in [1.807, 2.05) is 30.5 Å². The van der Waals surface area contributed by atoms with Gasteiger partial charge in [-0.1, -0.05) is 23.4 Å². The molecule has 23 heavy (non-hydrogen) atoms. The van der Waals surface area contributed by atoms with Crippen LogP contribution in [0.1, 0.15) is 18.5 Å². The summed E-state index contributed by atoms with van der Waals surface area (Å²) < 4.78 is 0.968. The van der Waals surface area contributed by atoms with Gasteiger partial charge >= 0.3 is 0 Å². The summed E-state index contributed by atoms with van der Waals surface area (Å²) in [4.78, 5) is 17.6. The Morgan fingerprint density at radius 2 is 2.22 bits per heavy atom. The van der Waals surface area contributed by atoms with Gasteiger partial charge in [0.2, 0.25) is 5.91 Å². The molecule has 1 saturated heterocycles. The lowest BCUT2D eigenvalue weighted by atomic mass is 9.97. The van der Waals surface area contributed by atoms with Gasteiger partial charge in [0.05, 0.1) is 5.02 Å². The van der Waals surface area contributed by atoms with Crippen molar-refractivity contribution in [1.29, 1.82) is 0 Å². The molecule has 1 amide bonds. The van der Waals surface area contributed by atoms with Gasteiger partial charge in [0.1, 0.15) is 0 Å². The number of carbonyl (C=O) groups is 1. The fourth-order valence-electron chi connectivity index (χ4n) is 2.46. The second-order valence-corrected chi connectivity index (χ2v) is 8.07. The number of nitrogens with one attached hydrogen (secondary N) is 2. The Labute approximate surface area is 149 Å². The Hall–Kier alpha value is -1.08. The summed E-state index contributed by atoms with van der Waals surface area (Å²) >= 11 is 9.50. The van der Waals surface area contributed by atoms with Crippen LogP contribution in [-0.4, -0.2) is 24.0 Å². The summed E-state index contributed by atoms with van der Waals surface area (Å²) in [5.74, 6) is 0.167. The topological polar surface area (TPSA) is 54.0 Å². The lowest BCUT2D eigenvalue weighted by Crippen LogP contribution is -2.34. The first-order valence-corrected chi connectivity index (χ1v) is 9.60. The van der Waals surface area contributed by atoms with Gasteiger partial charge in [-0.3, -0.25) is 4.79 Å². The zero-order valence-corrected chi connectivity index (χ0v) is 15.2. The number of nitrogens with zero attached hydrogens (tertiary/aromatic N) is 1. The van der Waals surface area contributed by atoms with Crippen LogP contribution in [0.4, 0.5) is 5.69 Å². The lowest BCUT2D eigenvalue weighted by molar-refractivity contribution is -0.120. The zero-order valence-electron chi connectivity index (χ0n) is 12.8. The largest absolute Gasteiger partial charge is 0.326 e. The van der Waals surface area contributed by atoms with Gasteiger partial charge in [0.25, 0.3) is 0 Å². The summed E-state index contributed by atoms with van der Waals surface area (Å²) in [5, 5.41) is 8.89. The lowest BCUT2D eigenvalue weighted by Gasteiger charge is -2.21. The second-order valence-electron chi connectivity index (χ2n) is 5.52. The molecule has 1 aliphatic heterocycles. The first kappa shape index (κ1) is 16.8. The normalized spacial score (nSPS) is 15.6. The number of benzene rings is 1. The first-order valence-electron chi connectivity index (χ1n) is 7.53. The van der Waals surface area contributed by atoms with Crippen molar-refractivity contribution in [3.63, 3.8) is 0 Å². The molecule has 1 aromatic heterocycles. The number of carbonyl (C=O) groups excluding carboxylic acids is 1. The van der Waals surface area contributed by atoms with E-state index in [4.69, 9.17) is 11.6 Å². The standard InChI is InChI=1S/C16H18ClN3OS2/c1-10-9-22-16(19-10)23-14-3-2-12(8-13(14)17)20-15(21)11-4-6-18-7-5-11/h2-3,8-9,11,18H,4-7H2,1H3,(H,20,21). The second kappa shape index (κ2) is 7.66. The van der Waals surface area contributed by atoms with E-state index in [1.54, 1.807) is 23.1 Å². The Kier molecular flexibility index (Phi) is 5.58. The van der Waals surface area contributed by atoms with Gasteiger partial charge < -0.3 is 10.6 Å². The van der Waals surface area contributed by atoms with Crippen molar-refractivity contribution in [2.45, 2.75) is 29.0 Å². The molecule has 2 aromatic rings. The third-order valence-corrected chi connectivity index (χ3v) is 6.26. The molecule has 0 unspecified atom stereocenters. The molecule has 2 N–H and O–H groups in total. The molecular weight excluding hydrogens is 350 g/mol. The predicted molar refractivity (Wildman–Crippen MR) is 96.6 cm³/mol. The molecule has 4 nitrogen and oxygen atoms in total. The molecule has 0 atom stereocenters. The van der Waals surface area contributed by atoms with E-state index in [-0.39, 0.29) is 11.8 Å². The van der Waals surface area contributed by atoms with Gasteiger partial charge in [0, 0.05) is 27.6 Å². The highest BCUT2D eigenvalue weighted by atomic mass is 35.5. The average Bonchev–Trinajstić information content (AvgIpc) is 2.96. The number of thiazole rings is 1. The van der Waals surface area contributed by atoms with Crippen LogP contribution in [0.25, 0.3) is 0 Å². The molecule has 3 rings (SSSR count). The summed E-state index contributed by atoms with van der Waals surface area (Å²) in [7, 11) is 0. The number of anilines is 1. The monoisotopic (exact) mass is 367 g/mol. The van der Waals surface area contributed by atoms with Crippen molar-refractivity contribution in [2.75, 3.05) is 18.4 Å². The predicted octanol–water partition coefficient (Wildman–Crippen LogP) is 4.19. The number of amides is 1. The molecule has 2 heterocycles. The van der Waals surface area contributed by atoms with Gasteiger partial charge in [0.15, 0.2) is 4.34 Å². The van der Waals surface area contributed by atoms with E-state index in [2.05, 4.69) is 15.6 Å². The summed E-state index contributed by atoms with van der Waals surface area (Å²) in [6.07, 6.45) is 1.77. The number of piperidine rings is 1. The fraction of sp³-hybridized carbons (Fsp3) is 0.375. The Morgan fingerprint density at radius 1 is 1.43 bits per heavy atom. The molecule has 7 heteroatoms. The highest BCUT2D eigenvalue weighted by Gasteiger charge is 2.21. The van der Waals surface area contributed by atoms with Crippen LogP contribution in [-0.2, 0) is 4.79 Å². The van der Waals surface area contributed by atoms with Crippen LogP contribution in [0, 0.1) is 12.8 Å². The SMILES string of the molecule is Cc1csc(Sc2ccc(NC(=O)C3CCNCC3)cc2Cl)n1. The minimum absolute atomic E-state index is 0.0820. The molecule has 1 fully saturated rings. The summed E-state index contributed by atoms with van der Waals surface area (Å²) in [6.45, 7) is 3.78. The van der Waals surface area contributed by atoms with E-state index in [1.165, 1.54) is 0 Å². The average molecular weight is 368 g/mol. The van der Waals surface area contributed by atoms with Crippen molar-refractivity contribution in [3.05, 3.63) is 34.3 Å². The van der Waals surface area contributed by atoms with Crippen molar-refractivity contribution >= 4 is 46.3 Å². The van der Waals surface area contributed by atoms with Crippen LogP contribution in [0.3, 0.4) is 0 Å². The molecule has 1 aromatic carbocycles. The van der Waals surface area contributed by atoms with Crippen LogP contribution < -0.4 is 10.6 Å². The molecule has 122 valence electrons. The quantitative estimate of drug-likeness (QED) is 0.850. The van der Waals surface area contributed by atoms with Crippen LogP contribution >= 0.6 is 34.7 Å². The van der Waals surface area contributed by atoms with Crippen molar-refractivity contribution in [1.82, 2.24) is 10.3 Å². The van der Waals surface area contributed by atoms with Crippen molar-refractivity contribution in [3.8, 4) is 0 Å². The van der Waals surface area contributed by atoms with Gasteiger partial charge in [-0.2, -0.15) is 0 Å². The Balaban J connectivity index is 1.65. The first-order chi connectivity index (χ1) is 11.1. The van der Waals surface area contributed by atoms with E-state index in [0.29, 0.717) is 5.02 Å². The van der Waals surface area contributed by atoms with E-state index < -0.39 is 0 Å². The third-order valence-electron chi connectivity index (χ3n) is 3.70. The molecule has 1 aliphatic rings. The number of aromatic nitrogens is 1. The van der Waals surface area contributed by atoms with Gasteiger partial charge in [-0.15, -0.1) is 11.3 Å². The molecule has 0 radical (unpaired) electrons. The maximum atomic E-state index is 12.3. The maximum absolute atomic E-state index is 12.3. The molecule has 0 aliphatic carbocycles. The Morgan fingerprint density at radius 3 is 2.87 bits per heavy atom. The summed E-state index contributed by atoms with van der Waals surface area (Å²) in [5.41, 5.74) is 1.76. The van der Waals surface area contributed by atoms with E-state index in [9.17, 15) is 4.79 Å². The smallest absolute Gasteiger partial charge is 0.227 e. The van der Waals surface area contributed by atoms with Crippen LogP contribution in [0.5, 0.6) is 0 Å². The van der Waals surface area contributed by atoms with Gasteiger partial charge in [-0.25, -0.2) is 4.98 Å². The Bertz CT molecular complexity index is 698. The van der Waals surface area contributed by atoms with Gasteiger partial charge in [-0.05, 0) is 51.1 Å². The molecular formula is C16H18ClN3OS2. The molecule has 0 spiro atoms.